The molecular weight excluding hydrogens is 354 g/mol. The van der Waals surface area contributed by atoms with Gasteiger partial charge in [0.25, 0.3) is 0 Å². The molecule has 3 rings (SSSR count). The highest BCUT2D eigenvalue weighted by Gasteiger charge is 2.28. The van der Waals surface area contributed by atoms with Crippen molar-refractivity contribution in [2.45, 2.75) is 83.9 Å². The molecule has 1 aliphatic heterocycles. The molecule has 156 valence electrons. The quantitative estimate of drug-likeness (QED) is 0.767. The van der Waals surface area contributed by atoms with Crippen molar-refractivity contribution in [3.8, 4) is 0 Å². The molecule has 1 amide bonds. The van der Waals surface area contributed by atoms with Gasteiger partial charge in [0.1, 0.15) is 5.60 Å². The lowest BCUT2D eigenvalue weighted by Gasteiger charge is -2.39. The molecule has 1 aromatic heterocycles. The van der Waals surface area contributed by atoms with Crippen LogP contribution >= 0.6 is 0 Å². The summed E-state index contributed by atoms with van der Waals surface area (Å²) in [5.74, 6) is 1.64. The minimum Gasteiger partial charge on any atom is -0.444 e. The highest BCUT2D eigenvalue weighted by atomic mass is 16.6. The smallest absolute Gasteiger partial charge is 0.407 e. The Morgan fingerprint density at radius 2 is 1.75 bits per heavy atom. The van der Waals surface area contributed by atoms with Crippen molar-refractivity contribution in [2.75, 3.05) is 23.3 Å². The van der Waals surface area contributed by atoms with Gasteiger partial charge in [-0.1, -0.05) is 13.3 Å². The molecule has 2 fully saturated rings. The van der Waals surface area contributed by atoms with E-state index in [-0.39, 0.29) is 12.1 Å². The number of aromatic nitrogens is 2. The van der Waals surface area contributed by atoms with E-state index in [1.54, 1.807) is 0 Å². The summed E-state index contributed by atoms with van der Waals surface area (Å²) in [5, 5.41) is 6.52. The maximum Gasteiger partial charge on any atom is 0.407 e. The number of nitrogens with zero attached hydrogens (tertiary/aromatic N) is 3. The first-order valence-electron chi connectivity index (χ1n) is 10.7. The van der Waals surface area contributed by atoms with Crippen LogP contribution in [0.25, 0.3) is 0 Å². The van der Waals surface area contributed by atoms with Crippen LogP contribution in [0.3, 0.4) is 0 Å². The number of alkyl carbamates (subject to hydrolysis) is 1. The van der Waals surface area contributed by atoms with Gasteiger partial charge < -0.3 is 20.3 Å². The SMILES string of the molecule is CCCC1CN(c2ncc(NC3CCC(NC(=O)OC(C)(C)C)CC3)cn2)C1. The topological polar surface area (TPSA) is 79.4 Å². The first kappa shape index (κ1) is 20.7. The first-order valence-corrected chi connectivity index (χ1v) is 10.7. The lowest BCUT2D eigenvalue weighted by molar-refractivity contribution is 0.0492. The van der Waals surface area contributed by atoms with E-state index >= 15 is 0 Å². The van der Waals surface area contributed by atoms with Gasteiger partial charge >= 0.3 is 6.09 Å². The van der Waals surface area contributed by atoms with Gasteiger partial charge in [-0.3, -0.25) is 0 Å². The fourth-order valence-electron chi connectivity index (χ4n) is 3.98. The molecule has 1 aromatic rings. The van der Waals surface area contributed by atoms with E-state index in [0.717, 1.165) is 56.3 Å². The van der Waals surface area contributed by atoms with Crippen LogP contribution in [0.15, 0.2) is 12.4 Å². The van der Waals surface area contributed by atoms with Gasteiger partial charge in [0.2, 0.25) is 5.95 Å². The number of rotatable bonds is 6. The van der Waals surface area contributed by atoms with Gasteiger partial charge in [-0.2, -0.15) is 0 Å². The summed E-state index contributed by atoms with van der Waals surface area (Å²) in [5.41, 5.74) is 0.514. The number of anilines is 2. The van der Waals surface area contributed by atoms with Crippen LogP contribution in [-0.4, -0.2) is 46.8 Å². The molecule has 0 atom stereocenters. The van der Waals surface area contributed by atoms with Crippen LogP contribution in [0, 0.1) is 5.92 Å². The van der Waals surface area contributed by atoms with E-state index in [9.17, 15) is 4.79 Å². The van der Waals surface area contributed by atoms with Crippen molar-refractivity contribution in [3.05, 3.63) is 12.4 Å². The maximum atomic E-state index is 11.9. The molecule has 7 heteroatoms. The molecule has 2 heterocycles. The molecule has 0 radical (unpaired) electrons. The van der Waals surface area contributed by atoms with E-state index in [1.807, 2.05) is 33.2 Å². The van der Waals surface area contributed by atoms with Gasteiger partial charge in [-0.05, 0) is 58.8 Å². The second-order valence-corrected chi connectivity index (χ2v) is 9.17. The lowest BCUT2D eigenvalue weighted by atomic mass is 9.91. The molecule has 0 unspecified atom stereocenters. The van der Waals surface area contributed by atoms with Crippen LogP contribution in [-0.2, 0) is 4.74 Å². The number of ether oxygens (including phenoxy) is 1. The highest BCUT2D eigenvalue weighted by Crippen LogP contribution is 2.26. The average molecular weight is 390 g/mol. The fourth-order valence-corrected chi connectivity index (χ4v) is 3.98. The molecular formula is C21H35N5O2. The highest BCUT2D eigenvalue weighted by molar-refractivity contribution is 5.68. The third-order valence-electron chi connectivity index (χ3n) is 5.39. The molecule has 1 saturated heterocycles. The summed E-state index contributed by atoms with van der Waals surface area (Å²) in [6.07, 6.45) is 9.91. The summed E-state index contributed by atoms with van der Waals surface area (Å²) in [6.45, 7) is 10.0. The van der Waals surface area contributed by atoms with E-state index in [4.69, 9.17) is 4.74 Å². The van der Waals surface area contributed by atoms with Crippen LogP contribution in [0.1, 0.15) is 66.2 Å². The summed E-state index contributed by atoms with van der Waals surface area (Å²) >= 11 is 0. The normalized spacial score (nSPS) is 23.1. The fraction of sp³-hybridized carbons (Fsp3) is 0.762. The summed E-state index contributed by atoms with van der Waals surface area (Å²) in [6, 6.07) is 0.582. The largest absolute Gasteiger partial charge is 0.444 e. The Labute approximate surface area is 168 Å². The Hall–Kier alpha value is -2.05. The van der Waals surface area contributed by atoms with Gasteiger partial charge in [0, 0.05) is 25.2 Å². The monoisotopic (exact) mass is 389 g/mol. The number of amides is 1. The van der Waals surface area contributed by atoms with Gasteiger partial charge in [0.15, 0.2) is 0 Å². The van der Waals surface area contributed by atoms with Gasteiger partial charge in [-0.15, -0.1) is 0 Å². The maximum absolute atomic E-state index is 11.9. The zero-order valence-corrected chi connectivity index (χ0v) is 17.7. The zero-order chi connectivity index (χ0) is 20.1. The van der Waals surface area contributed by atoms with Crippen LogP contribution in [0.2, 0.25) is 0 Å². The minimum absolute atomic E-state index is 0.189. The first-order chi connectivity index (χ1) is 13.3. The van der Waals surface area contributed by atoms with Crippen molar-refractivity contribution in [1.29, 1.82) is 0 Å². The molecule has 7 nitrogen and oxygen atoms in total. The van der Waals surface area contributed by atoms with Crippen LogP contribution in [0.4, 0.5) is 16.4 Å². The Morgan fingerprint density at radius 3 is 2.32 bits per heavy atom. The van der Waals surface area contributed by atoms with E-state index in [2.05, 4.69) is 32.4 Å². The number of carbonyl (C=O) groups excluding carboxylic acids is 1. The molecule has 2 aliphatic rings. The van der Waals surface area contributed by atoms with Gasteiger partial charge in [-0.25, -0.2) is 14.8 Å². The molecule has 28 heavy (non-hydrogen) atoms. The third kappa shape index (κ3) is 5.97. The summed E-state index contributed by atoms with van der Waals surface area (Å²) in [4.78, 5) is 23.2. The summed E-state index contributed by atoms with van der Waals surface area (Å²) < 4.78 is 5.34. The Kier molecular flexibility index (Phi) is 6.62. The Morgan fingerprint density at radius 1 is 1.14 bits per heavy atom. The van der Waals surface area contributed by atoms with Crippen LogP contribution < -0.4 is 15.5 Å². The van der Waals surface area contributed by atoms with Crippen molar-refractivity contribution >= 4 is 17.7 Å². The number of hydrogen-bond acceptors (Lipinski definition) is 6. The number of hydrogen-bond donors (Lipinski definition) is 2. The predicted molar refractivity (Wildman–Crippen MR) is 112 cm³/mol. The average Bonchev–Trinajstić information content (AvgIpc) is 2.59. The Bertz CT molecular complexity index is 629. The Balaban J connectivity index is 1.38. The van der Waals surface area contributed by atoms with E-state index < -0.39 is 5.60 Å². The molecule has 0 aromatic carbocycles. The number of nitrogens with one attached hydrogen (secondary N) is 2. The van der Waals surface area contributed by atoms with Crippen molar-refractivity contribution in [3.63, 3.8) is 0 Å². The minimum atomic E-state index is -0.456. The standard InChI is InChI=1S/C21H35N5O2/c1-5-6-15-13-26(14-15)19-22-11-18(12-23-19)24-16-7-9-17(10-8-16)25-20(27)28-21(2,3)4/h11-12,15-17,24H,5-10,13-14H2,1-4H3,(H,25,27). The molecule has 1 saturated carbocycles. The number of carbonyl (C=O) groups is 1. The molecule has 0 bridgehead atoms. The summed E-state index contributed by atoms with van der Waals surface area (Å²) in [7, 11) is 0. The predicted octanol–water partition coefficient (Wildman–Crippen LogP) is 3.96. The third-order valence-corrected chi connectivity index (χ3v) is 5.39. The van der Waals surface area contributed by atoms with E-state index in [1.165, 1.54) is 12.8 Å². The van der Waals surface area contributed by atoms with Crippen molar-refractivity contribution in [1.82, 2.24) is 15.3 Å². The van der Waals surface area contributed by atoms with Crippen LogP contribution in [0.5, 0.6) is 0 Å². The second kappa shape index (κ2) is 8.97. The van der Waals surface area contributed by atoms with E-state index in [0.29, 0.717) is 6.04 Å². The molecule has 0 spiro atoms. The molecule has 2 N–H and O–H groups in total. The van der Waals surface area contributed by atoms with Crippen molar-refractivity contribution in [2.24, 2.45) is 5.92 Å². The second-order valence-electron chi connectivity index (χ2n) is 9.17. The lowest BCUT2D eigenvalue weighted by Crippen LogP contribution is -2.47. The van der Waals surface area contributed by atoms with Gasteiger partial charge in [0.05, 0.1) is 18.1 Å². The van der Waals surface area contributed by atoms with Crippen molar-refractivity contribution < 1.29 is 9.53 Å². The zero-order valence-electron chi connectivity index (χ0n) is 17.7. The molecule has 1 aliphatic carbocycles.